The number of rotatable bonds is 9. The van der Waals surface area contributed by atoms with Gasteiger partial charge in [-0.2, -0.15) is 13.0 Å². The first-order valence-electron chi connectivity index (χ1n) is 12.4. The molecule has 1 fully saturated rings. The molecular weight excluding hydrogens is 604 g/mol. The monoisotopic (exact) mass is 631 g/mol. The molecule has 0 aliphatic carbocycles. The Hall–Kier alpha value is -4.11. The minimum atomic E-state index is -5.18. The molecule has 3 heterocycles. The number of aliphatic hydroxyl groups excluding tert-OH is 3. The van der Waals surface area contributed by atoms with Gasteiger partial charge in [0.15, 0.2) is 17.7 Å². The van der Waals surface area contributed by atoms with E-state index in [1.54, 1.807) is 0 Å². The molecule has 234 valence electrons. The molecule has 3 aliphatic rings. The molecule has 43 heavy (non-hydrogen) atoms. The van der Waals surface area contributed by atoms with Gasteiger partial charge in [0.1, 0.15) is 36.2 Å². The summed E-state index contributed by atoms with van der Waals surface area (Å²) in [6, 6.07) is -0.141. The van der Waals surface area contributed by atoms with Gasteiger partial charge in [0.05, 0.1) is 19.1 Å². The molecule has 1 aromatic rings. The van der Waals surface area contributed by atoms with Gasteiger partial charge >= 0.3 is 28.3 Å². The van der Waals surface area contributed by atoms with Gasteiger partial charge in [0.2, 0.25) is 12.0 Å². The number of phenolic OH excluding ortho intramolecular Hbond substituents is 1. The first kappa shape index (κ1) is 31.8. The molecule has 0 aromatic heterocycles. The van der Waals surface area contributed by atoms with Crippen LogP contribution in [0.4, 0.5) is 5.69 Å². The highest BCUT2D eigenvalue weighted by Crippen LogP contribution is 2.40. The Morgan fingerprint density at radius 1 is 1.09 bits per heavy atom. The molecule has 1 aromatic carbocycles. The van der Waals surface area contributed by atoms with Crippen molar-refractivity contribution >= 4 is 40.2 Å². The molecule has 7 atom stereocenters. The number of carboxylic acids is 3. The Balaban J connectivity index is 1.66. The summed E-state index contributed by atoms with van der Waals surface area (Å²) >= 11 is 0. The van der Waals surface area contributed by atoms with Crippen LogP contribution in [0.3, 0.4) is 0 Å². The Morgan fingerprint density at radius 2 is 1.79 bits per heavy atom. The molecule has 18 nitrogen and oxygen atoms in total. The van der Waals surface area contributed by atoms with Gasteiger partial charge in [-0.1, -0.05) is 0 Å². The van der Waals surface area contributed by atoms with Gasteiger partial charge < -0.3 is 50.5 Å². The second kappa shape index (κ2) is 12.2. The molecule has 9 N–H and O–H groups in total. The molecule has 0 bridgehead atoms. The number of carboxylic acid groups (broad SMARTS) is 3. The summed E-state index contributed by atoms with van der Waals surface area (Å²) in [6.45, 7) is -0.887. The summed E-state index contributed by atoms with van der Waals surface area (Å²) in [5.74, 6) is -4.95. The third kappa shape index (κ3) is 6.94. The van der Waals surface area contributed by atoms with Gasteiger partial charge in [-0.15, -0.1) is 0 Å². The molecule has 0 spiro atoms. The first-order valence-corrected chi connectivity index (χ1v) is 13.8. The average Bonchev–Trinajstić information content (AvgIpc) is 3.28. The summed E-state index contributed by atoms with van der Waals surface area (Å²) in [7, 11) is -5.18. The lowest BCUT2D eigenvalue weighted by Crippen LogP contribution is -2.61. The smallest absolute Gasteiger partial charge is 0.397 e. The van der Waals surface area contributed by atoms with Gasteiger partial charge in [0, 0.05) is 18.1 Å². The predicted octanol–water partition coefficient (Wildman–Crippen LogP) is -2.54. The van der Waals surface area contributed by atoms with Crippen LogP contribution in [0.25, 0.3) is 0 Å². The highest BCUT2D eigenvalue weighted by molar-refractivity contribution is 7.80. The molecule has 19 heteroatoms. The van der Waals surface area contributed by atoms with Crippen molar-refractivity contribution in [3.8, 4) is 11.5 Å². The molecule has 3 aliphatic heterocycles. The fraction of sp³-hybridized carbons (Fsp3) is 0.417. The van der Waals surface area contributed by atoms with Crippen LogP contribution < -0.4 is 10.1 Å². The highest BCUT2D eigenvalue weighted by atomic mass is 32.3. The van der Waals surface area contributed by atoms with Crippen LogP contribution in [-0.2, 0) is 40.1 Å². The van der Waals surface area contributed by atoms with Gasteiger partial charge in [0.25, 0.3) is 6.04 Å². The van der Waals surface area contributed by atoms with E-state index in [4.69, 9.17) is 14.0 Å². The number of phenols is 1. The van der Waals surface area contributed by atoms with Crippen molar-refractivity contribution in [2.24, 2.45) is 0 Å². The maximum atomic E-state index is 12.1. The first-order chi connectivity index (χ1) is 20.1. The summed E-state index contributed by atoms with van der Waals surface area (Å²) < 4.78 is 47.7. The zero-order valence-electron chi connectivity index (χ0n) is 21.7. The van der Waals surface area contributed by atoms with Crippen molar-refractivity contribution in [3.05, 3.63) is 41.1 Å². The van der Waals surface area contributed by atoms with Crippen LogP contribution in [0.1, 0.15) is 12.0 Å². The average molecular weight is 632 g/mol. The number of allylic oxidation sites excluding steroid dienone is 2. The van der Waals surface area contributed by atoms with E-state index in [2.05, 4.69) is 9.50 Å². The van der Waals surface area contributed by atoms with E-state index in [9.17, 15) is 58.5 Å². The summed E-state index contributed by atoms with van der Waals surface area (Å²) in [5, 5.41) is 71.7. The van der Waals surface area contributed by atoms with E-state index in [1.807, 2.05) is 0 Å². The fourth-order valence-corrected chi connectivity index (χ4v) is 5.33. The lowest BCUT2D eigenvalue weighted by molar-refractivity contribution is -0.456. The number of hydrogen-bond donors (Lipinski definition) is 9. The second-order valence-electron chi connectivity index (χ2n) is 9.72. The molecule has 2 unspecified atom stereocenters. The Labute approximate surface area is 241 Å². The van der Waals surface area contributed by atoms with Crippen LogP contribution in [0, 0.1) is 0 Å². The number of hydrogen-bond acceptors (Lipinski definition) is 13. The van der Waals surface area contributed by atoms with E-state index >= 15 is 0 Å². The van der Waals surface area contributed by atoms with E-state index in [0.717, 1.165) is 6.07 Å². The quantitative estimate of drug-likeness (QED) is 0.100. The Bertz CT molecular complexity index is 1520. The minimum Gasteiger partial charge on any atom is -0.504 e. The van der Waals surface area contributed by atoms with Crippen molar-refractivity contribution in [1.29, 1.82) is 0 Å². The van der Waals surface area contributed by atoms with Crippen LogP contribution in [0.5, 0.6) is 11.5 Å². The number of benzene rings is 1. The third-order valence-electron chi connectivity index (χ3n) is 6.85. The van der Waals surface area contributed by atoms with E-state index in [0.29, 0.717) is 5.56 Å². The molecule has 4 rings (SSSR count). The van der Waals surface area contributed by atoms with Crippen molar-refractivity contribution < 1.29 is 81.3 Å². The van der Waals surface area contributed by atoms with Crippen LogP contribution in [0.2, 0.25) is 0 Å². The second-order valence-corrected chi connectivity index (χ2v) is 10.8. The maximum absolute atomic E-state index is 12.1. The SMILES string of the molecule is O=C(O)C1=C/C(=C/C=[N+]2c3cc(O)c(O[C@@H]4O[C@H](CO)[C@H](O)[C@H](OS(=O)(=O)O)[C@H]4O)cc3CC2C(=O)O)CC(C(=O)O)N1. The predicted molar refractivity (Wildman–Crippen MR) is 137 cm³/mol. The zero-order valence-corrected chi connectivity index (χ0v) is 22.6. The van der Waals surface area contributed by atoms with Crippen LogP contribution in [0.15, 0.2) is 35.6 Å². The number of aromatic hydroxyl groups is 1. The Morgan fingerprint density at radius 3 is 2.37 bits per heavy atom. The number of carbonyl (C=O) groups is 3. The van der Waals surface area contributed by atoms with Gasteiger partial charge in [-0.3, -0.25) is 4.55 Å². The number of ether oxygens (including phenoxy) is 2. The number of aliphatic carboxylic acids is 3. The molecule has 1 saturated heterocycles. The summed E-state index contributed by atoms with van der Waals surface area (Å²) in [5.41, 5.74) is 0.374. The Kier molecular flexibility index (Phi) is 9.06. The summed E-state index contributed by atoms with van der Waals surface area (Å²) in [4.78, 5) is 34.9. The third-order valence-corrected chi connectivity index (χ3v) is 7.31. The van der Waals surface area contributed by atoms with Crippen molar-refractivity contribution in [2.45, 2.75) is 55.6 Å². The fourth-order valence-electron chi connectivity index (χ4n) is 4.82. The molecular formula is C24H27N2O16S+. The summed E-state index contributed by atoms with van der Waals surface area (Å²) in [6.07, 6.45) is -5.85. The largest absolute Gasteiger partial charge is 0.504 e. The number of fused-ring (bicyclic) bond motifs is 1. The van der Waals surface area contributed by atoms with E-state index in [-0.39, 0.29) is 35.5 Å². The molecule has 0 radical (unpaired) electrons. The lowest BCUT2D eigenvalue weighted by Gasteiger charge is -2.40. The minimum absolute atomic E-state index is 0.116. The normalized spacial score (nSPS) is 30.8. The van der Waals surface area contributed by atoms with E-state index in [1.165, 1.54) is 29.0 Å². The van der Waals surface area contributed by atoms with Crippen molar-refractivity contribution in [2.75, 3.05) is 6.61 Å². The van der Waals surface area contributed by atoms with Gasteiger partial charge in [-0.05, 0) is 17.7 Å². The van der Waals surface area contributed by atoms with Crippen molar-refractivity contribution in [3.63, 3.8) is 0 Å². The number of nitrogens with zero attached hydrogens (tertiary/aromatic N) is 1. The topological polar surface area (TPSA) is 290 Å². The van der Waals surface area contributed by atoms with Crippen molar-refractivity contribution in [1.82, 2.24) is 5.32 Å². The highest BCUT2D eigenvalue weighted by Gasteiger charge is 2.49. The number of nitrogens with one attached hydrogen (secondary N) is 1. The van der Waals surface area contributed by atoms with Crippen LogP contribution in [-0.4, -0.2) is 127 Å². The molecule has 0 saturated carbocycles. The lowest BCUT2D eigenvalue weighted by atomic mass is 9.99. The number of aliphatic hydroxyl groups is 3. The zero-order chi connectivity index (χ0) is 31.8. The van der Waals surface area contributed by atoms with Crippen LogP contribution >= 0.6 is 0 Å². The molecule has 0 amide bonds. The van der Waals surface area contributed by atoms with E-state index < -0.39 is 83.5 Å². The maximum Gasteiger partial charge on any atom is 0.397 e. The standard InChI is InChI=1S/C24H26N2O16S/c27-8-17-18(29)20(42-43(37,38)39)19(30)24(41-17)40-16-6-10-5-14(23(35)36)26(13(10)7-15(16)28)2-1-9-3-11(21(31)32)25-12(4-9)22(33)34/h1-3,6-7,12,14,17-20,24,27,29-30H,4-5,8H2,(H5,28,31,32,33,34,35,36,37,38,39)/p+1/t12?,14?,17-,18+,19-,20+,24-/m1/s1. The van der Waals surface area contributed by atoms with Gasteiger partial charge in [-0.25, -0.2) is 18.6 Å².